The summed E-state index contributed by atoms with van der Waals surface area (Å²) in [4.78, 5) is 0. The first kappa shape index (κ1) is 24.0. The van der Waals surface area contributed by atoms with Gasteiger partial charge >= 0.3 is 6.18 Å². The number of para-hydroxylation sites is 2. The van der Waals surface area contributed by atoms with E-state index in [4.69, 9.17) is 22.1 Å². The maximum atomic E-state index is 13.2. The molecule has 0 amide bonds. The second kappa shape index (κ2) is 10.4. The number of nitrogens with zero attached hydrogens (tertiary/aromatic N) is 3. The predicted octanol–water partition coefficient (Wildman–Crippen LogP) is 5.89. The fourth-order valence-electron chi connectivity index (χ4n) is 3.32. The van der Waals surface area contributed by atoms with Crippen LogP contribution in [0.5, 0.6) is 5.75 Å². The molecule has 0 spiro atoms. The number of ether oxygens (including phenoxy) is 1. The summed E-state index contributed by atoms with van der Waals surface area (Å²) in [6.45, 7) is 0. The number of methoxy groups -OCH3 is 1. The van der Waals surface area contributed by atoms with Crippen molar-refractivity contribution in [2.75, 3.05) is 12.4 Å². The van der Waals surface area contributed by atoms with Crippen molar-refractivity contribution in [1.29, 1.82) is 0 Å². The van der Waals surface area contributed by atoms with Crippen molar-refractivity contribution >= 4 is 29.2 Å². The van der Waals surface area contributed by atoms with Gasteiger partial charge in [0.15, 0.2) is 5.11 Å². The summed E-state index contributed by atoms with van der Waals surface area (Å²) in [6.07, 6.45) is -1.20. The molecule has 0 aliphatic rings. The summed E-state index contributed by atoms with van der Waals surface area (Å²) < 4.78 is 46.6. The molecule has 0 saturated carbocycles. The lowest BCUT2D eigenvalue weighted by atomic mass is 10.1. The fourth-order valence-corrected chi connectivity index (χ4v) is 3.48. The number of halogens is 3. The normalized spacial score (nSPS) is 11.4. The lowest BCUT2D eigenvalue weighted by Crippen LogP contribution is -2.25. The predicted molar refractivity (Wildman–Crippen MR) is 134 cm³/mol. The molecular weight excluding hydrogens is 475 g/mol. The molecule has 0 radical (unpaired) electrons. The first-order valence-electron chi connectivity index (χ1n) is 10.4. The highest BCUT2D eigenvalue weighted by Crippen LogP contribution is 2.34. The summed E-state index contributed by atoms with van der Waals surface area (Å²) in [5, 5.41) is 11.3. The van der Waals surface area contributed by atoms with Crippen molar-refractivity contribution < 1.29 is 17.9 Å². The molecule has 2 N–H and O–H groups in total. The Morgan fingerprint density at radius 2 is 1.69 bits per heavy atom. The van der Waals surface area contributed by atoms with Gasteiger partial charge in [0.25, 0.3) is 0 Å². The Morgan fingerprint density at radius 3 is 2.37 bits per heavy atom. The molecule has 178 valence electrons. The fraction of sp³-hybridized carbons (Fsp3) is 0.0800. The number of aromatic nitrogens is 2. The van der Waals surface area contributed by atoms with Gasteiger partial charge in [-0.3, -0.25) is 5.43 Å². The van der Waals surface area contributed by atoms with Crippen LogP contribution < -0.4 is 15.5 Å². The zero-order valence-corrected chi connectivity index (χ0v) is 19.3. The minimum Gasteiger partial charge on any atom is -0.497 e. The quantitative estimate of drug-likeness (QED) is 0.199. The highest BCUT2D eigenvalue weighted by atomic mass is 32.1. The third kappa shape index (κ3) is 5.85. The molecule has 0 bridgehead atoms. The number of alkyl halides is 3. The zero-order valence-electron chi connectivity index (χ0n) is 18.5. The lowest BCUT2D eigenvalue weighted by Gasteiger charge is -2.14. The summed E-state index contributed by atoms with van der Waals surface area (Å²) in [5.74, 6) is 0.712. The van der Waals surface area contributed by atoms with Gasteiger partial charge in [0.05, 0.1) is 30.3 Å². The van der Waals surface area contributed by atoms with Crippen molar-refractivity contribution in [3.63, 3.8) is 0 Å². The van der Waals surface area contributed by atoms with E-state index in [1.807, 2.05) is 54.6 Å². The molecule has 10 heteroatoms. The summed E-state index contributed by atoms with van der Waals surface area (Å²) >= 11 is 5.13. The highest BCUT2D eigenvalue weighted by Gasteiger charge is 2.33. The molecular formula is C25H20F3N5OS. The Morgan fingerprint density at radius 1 is 1.00 bits per heavy atom. The van der Waals surface area contributed by atoms with Gasteiger partial charge in [-0.25, -0.2) is 4.68 Å². The van der Waals surface area contributed by atoms with Crippen LogP contribution in [-0.2, 0) is 6.18 Å². The van der Waals surface area contributed by atoms with Crippen molar-refractivity contribution in [3.05, 3.63) is 96.2 Å². The molecule has 0 atom stereocenters. The summed E-state index contributed by atoms with van der Waals surface area (Å²) in [6, 6.07) is 22.0. The van der Waals surface area contributed by atoms with E-state index in [-0.39, 0.29) is 10.8 Å². The smallest absolute Gasteiger partial charge is 0.418 e. The molecule has 6 nitrogen and oxygen atoms in total. The topological polar surface area (TPSA) is 63.5 Å². The second-order valence-corrected chi connectivity index (χ2v) is 7.72. The molecule has 3 aromatic carbocycles. The van der Waals surface area contributed by atoms with Gasteiger partial charge in [-0.15, -0.1) is 0 Å². The van der Waals surface area contributed by atoms with E-state index in [0.29, 0.717) is 17.0 Å². The van der Waals surface area contributed by atoms with Gasteiger partial charge in [-0.05, 0) is 60.7 Å². The summed E-state index contributed by atoms with van der Waals surface area (Å²) in [5.41, 5.74) is 4.61. The zero-order chi connectivity index (χ0) is 24.8. The second-order valence-electron chi connectivity index (χ2n) is 7.31. The maximum absolute atomic E-state index is 13.2. The Hall–Kier alpha value is -4.18. The molecule has 1 aromatic heterocycles. The molecule has 0 saturated heterocycles. The Bertz CT molecular complexity index is 1340. The van der Waals surface area contributed by atoms with Gasteiger partial charge < -0.3 is 10.1 Å². The van der Waals surface area contributed by atoms with Crippen molar-refractivity contribution in [2.45, 2.75) is 6.18 Å². The van der Waals surface area contributed by atoms with Crippen LogP contribution in [0.1, 0.15) is 11.1 Å². The maximum Gasteiger partial charge on any atom is 0.418 e. The molecule has 35 heavy (non-hydrogen) atoms. The third-order valence-electron chi connectivity index (χ3n) is 4.98. The van der Waals surface area contributed by atoms with Crippen LogP contribution in [0.2, 0.25) is 0 Å². The van der Waals surface area contributed by atoms with E-state index in [1.165, 1.54) is 24.4 Å². The average Bonchev–Trinajstić information content (AvgIpc) is 3.28. The van der Waals surface area contributed by atoms with Gasteiger partial charge in [-0.2, -0.15) is 23.4 Å². The third-order valence-corrected chi connectivity index (χ3v) is 5.17. The number of benzene rings is 3. The Labute approximate surface area is 205 Å². The van der Waals surface area contributed by atoms with E-state index >= 15 is 0 Å². The number of rotatable bonds is 6. The SMILES string of the molecule is COc1ccc(-c2nn(-c3ccccc3)cc2C=NNC(=S)Nc2ccccc2C(F)(F)F)cc1. The van der Waals surface area contributed by atoms with Crippen molar-refractivity contribution in [2.24, 2.45) is 5.10 Å². The van der Waals surface area contributed by atoms with E-state index in [1.54, 1.807) is 18.0 Å². The monoisotopic (exact) mass is 495 g/mol. The number of hydrogen-bond donors (Lipinski definition) is 2. The number of thiocarbonyl (C=S) groups is 1. The van der Waals surface area contributed by atoms with Gasteiger partial charge in [0.2, 0.25) is 0 Å². The minimum atomic E-state index is -4.51. The first-order chi connectivity index (χ1) is 16.8. The molecule has 4 aromatic rings. The van der Waals surface area contributed by atoms with E-state index in [9.17, 15) is 13.2 Å². The van der Waals surface area contributed by atoms with Gasteiger partial charge in [-0.1, -0.05) is 30.3 Å². The number of hydrogen-bond acceptors (Lipinski definition) is 4. The van der Waals surface area contributed by atoms with E-state index < -0.39 is 11.7 Å². The van der Waals surface area contributed by atoms with Crippen molar-refractivity contribution in [1.82, 2.24) is 15.2 Å². The van der Waals surface area contributed by atoms with Crippen LogP contribution in [0.4, 0.5) is 18.9 Å². The van der Waals surface area contributed by atoms with E-state index in [0.717, 1.165) is 17.3 Å². The minimum absolute atomic E-state index is 0.0839. The van der Waals surface area contributed by atoms with Gasteiger partial charge in [0, 0.05) is 17.3 Å². The highest BCUT2D eigenvalue weighted by molar-refractivity contribution is 7.80. The van der Waals surface area contributed by atoms with Crippen LogP contribution >= 0.6 is 12.2 Å². The molecule has 0 unspecified atom stereocenters. The first-order valence-corrected chi connectivity index (χ1v) is 10.8. The Kier molecular flexibility index (Phi) is 7.11. The van der Waals surface area contributed by atoms with Crippen LogP contribution in [0, 0.1) is 0 Å². The van der Waals surface area contributed by atoms with Crippen LogP contribution in [0.25, 0.3) is 16.9 Å². The van der Waals surface area contributed by atoms with Crippen LogP contribution in [0.15, 0.2) is 90.2 Å². The Balaban J connectivity index is 1.56. The number of nitrogens with one attached hydrogen (secondary N) is 2. The molecule has 1 heterocycles. The van der Waals surface area contributed by atoms with E-state index in [2.05, 4.69) is 15.8 Å². The lowest BCUT2D eigenvalue weighted by molar-refractivity contribution is -0.136. The number of hydrazone groups is 1. The van der Waals surface area contributed by atoms with Gasteiger partial charge in [0.1, 0.15) is 11.4 Å². The summed E-state index contributed by atoms with van der Waals surface area (Å²) in [7, 11) is 1.59. The van der Waals surface area contributed by atoms with Crippen LogP contribution in [0.3, 0.4) is 0 Å². The van der Waals surface area contributed by atoms with Crippen LogP contribution in [-0.4, -0.2) is 28.2 Å². The number of anilines is 1. The molecule has 4 rings (SSSR count). The molecule has 0 aliphatic carbocycles. The molecule has 0 fully saturated rings. The largest absolute Gasteiger partial charge is 0.497 e. The molecule has 0 aliphatic heterocycles. The average molecular weight is 496 g/mol. The van der Waals surface area contributed by atoms with Crippen molar-refractivity contribution in [3.8, 4) is 22.7 Å². The standard InChI is InChI=1S/C25H20F3N5OS/c1-34-20-13-11-17(12-14-20)23-18(16-33(32-23)19-7-3-2-4-8-19)15-29-31-24(35)30-22-10-6-5-9-21(22)25(26,27)28/h2-16H,1H3,(H2,30,31,35).